The molecular weight excluding hydrogens is 205 g/mol. The summed E-state index contributed by atoms with van der Waals surface area (Å²) in [6.07, 6.45) is 5.74. The first-order valence-electron chi connectivity index (χ1n) is 4.11. The molecular formula is C10H9ClFNO. The normalized spacial score (nSPS) is 10.7. The predicted molar refractivity (Wildman–Crippen MR) is 54.0 cm³/mol. The number of aldehydes is 1. The molecule has 0 fully saturated rings. The number of nitrogens with zero attached hydrogens (tertiary/aromatic N) is 1. The largest absolute Gasteiger partial charge is 0.298 e. The lowest BCUT2D eigenvalue weighted by atomic mass is 10.2. The third-order valence-corrected chi connectivity index (χ3v) is 1.82. The molecule has 4 heteroatoms. The second kappa shape index (κ2) is 5.50. The molecule has 0 N–H and O–H groups in total. The highest BCUT2D eigenvalue weighted by molar-refractivity contribution is 6.17. The molecule has 1 heterocycles. The quantitative estimate of drug-likeness (QED) is 0.569. The lowest BCUT2D eigenvalue weighted by Crippen LogP contribution is -1.91. The molecule has 0 unspecified atom stereocenters. The molecule has 0 spiro atoms. The maximum atomic E-state index is 12.8. The Bertz CT molecular complexity index is 352. The van der Waals surface area contributed by atoms with Crippen LogP contribution < -0.4 is 0 Å². The van der Waals surface area contributed by atoms with E-state index in [9.17, 15) is 9.18 Å². The molecule has 0 atom stereocenters. The van der Waals surface area contributed by atoms with Gasteiger partial charge in [0.15, 0.2) is 12.1 Å². The number of rotatable bonds is 4. The summed E-state index contributed by atoms with van der Waals surface area (Å²) < 4.78 is 12.8. The van der Waals surface area contributed by atoms with Crippen molar-refractivity contribution in [3.05, 3.63) is 35.4 Å². The van der Waals surface area contributed by atoms with Crippen LogP contribution in [0.5, 0.6) is 0 Å². The molecule has 0 aliphatic heterocycles. The molecule has 0 saturated heterocycles. The highest BCUT2D eigenvalue weighted by Gasteiger charge is 2.00. The van der Waals surface area contributed by atoms with Gasteiger partial charge < -0.3 is 0 Å². The van der Waals surface area contributed by atoms with Crippen LogP contribution in [0.3, 0.4) is 0 Å². The van der Waals surface area contributed by atoms with Crippen molar-refractivity contribution in [1.82, 2.24) is 4.98 Å². The molecule has 14 heavy (non-hydrogen) atoms. The van der Waals surface area contributed by atoms with E-state index < -0.39 is 5.82 Å². The molecule has 0 bridgehead atoms. The zero-order chi connectivity index (χ0) is 10.4. The van der Waals surface area contributed by atoms with E-state index in [0.717, 1.165) is 12.6 Å². The minimum Gasteiger partial charge on any atom is -0.298 e. The Morgan fingerprint density at radius 3 is 3.00 bits per heavy atom. The zero-order valence-corrected chi connectivity index (χ0v) is 8.17. The van der Waals surface area contributed by atoms with E-state index >= 15 is 0 Å². The molecule has 0 saturated carbocycles. The summed E-state index contributed by atoms with van der Waals surface area (Å²) in [7, 11) is 0. The van der Waals surface area contributed by atoms with E-state index in [-0.39, 0.29) is 5.56 Å². The van der Waals surface area contributed by atoms with Gasteiger partial charge >= 0.3 is 0 Å². The minimum atomic E-state index is -0.602. The third-order valence-electron chi connectivity index (χ3n) is 1.60. The topological polar surface area (TPSA) is 30.0 Å². The summed E-state index contributed by atoms with van der Waals surface area (Å²) >= 11 is 5.46. The van der Waals surface area contributed by atoms with Gasteiger partial charge in [-0.15, -0.1) is 11.6 Å². The molecule has 0 aromatic carbocycles. The van der Waals surface area contributed by atoms with E-state index in [1.165, 1.54) is 6.07 Å². The molecule has 0 aliphatic rings. The van der Waals surface area contributed by atoms with Crippen molar-refractivity contribution >= 4 is 24.0 Å². The summed E-state index contributed by atoms with van der Waals surface area (Å²) in [5, 5.41) is 0. The maximum Gasteiger partial charge on any atom is 0.153 e. The van der Waals surface area contributed by atoms with Crippen LogP contribution in [0.2, 0.25) is 0 Å². The summed E-state index contributed by atoms with van der Waals surface area (Å²) in [6, 6.07) is 1.40. The fourth-order valence-electron chi connectivity index (χ4n) is 0.920. The second-order valence-corrected chi connectivity index (χ2v) is 3.01. The van der Waals surface area contributed by atoms with Gasteiger partial charge in [-0.1, -0.05) is 6.08 Å². The Balaban J connectivity index is 2.84. The number of hydrogen-bond donors (Lipinski definition) is 0. The molecule has 0 aliphatic carbocycles. The van der Waals surface area contributed by atoms with Crippen LogP contribution in [0.1, 0.15) is 22.5 Å². The van der Waals surface area contributed by atoms with E-state index in [1.54, 1.807) is 6.08 Å². The van der Waals surface area contributed by atoms with Crippen LogP contribution in [-0.2, 0) is 0 Å². The van der Waals surface area contributed by atoms with Gasteiger partial charge in [-0.25, -0.2) is 4.39 Å². The molecule has 0 radical (unpaired) electrons. The first kappa shape index (κ1) is 10.9. The first-order valence-corrected chi connectivity index (χ1v) is 4.64. The summed E-state index contributed by atoms with van der Waals surface area (Å²) in [4.78, 5) is 14.2. The van der Waals surface area contributed by atoms with Gasteiger partial charge in [0.1, 0.15) is 0 Å². The monoisotopic (exact) mass is 213 g/mol. The van der Waals surface area contributed by atoms with Crippen LogP contribution in [0.4, 0.5) is 4.39 Å². The van der Waals surface area contributed by atoms with Gasteiger partial charge in [0.25, 0.3) is 0 Å². The van der Waals surface area contributed by atoms with E-state index in [0.29, 0.717) is 17.9 Å². The Labute approximate surface area is 86.4 Å². The summed E-state index contributed by atoms with van der Waals surface area (Å²) in [5.74, 6) is -0.0763. The Morgan fingerprint density at radius 1 is 1.57 bits per heavy atom. The second-order valence-electron chi connectivity index (χ2n) is 2.63. The minimum absolute atomic E-state index is 0.0190. The average molecular weight is 214 g/mol. The van der Waals surface area contributed by atoms with Crippen molar-refractivity contribution in [2.45, 2.75) is 6.42 Å². The third kappa shape index (κ3) is 2.92. The SMILES string of the molecule is O=Cc1cc(C=CCCCl)ncc1F. The van der Waals surface area contributed by atoms with Crippen molar-refractivity contribution in [2.75, 3.05) is 5.88 Å². The van der Waals surface area contributed by atoms with Crippen LogP contribution in [0, 0.1) is 5.82 Å². The number of hydrogen-bond acceptors (Lipinski definition) is 2. The molecule has 1 aromatic rings. The standard InChI is InChI=1S/C10H9ClFNO/c11-4-2-1-3-9-5-8(7-14)10(12)6-13-9/h1,3,5-7H,2,4H2. The maximum absolute atomic E-state index is 12.8. The van der Waals surface area contributed by atoms with Crippen LogP contribution >= 0.6 is 11.6 Å². The Hall–Kier alpha value is -1.22. The number of aromatic nitrogens is 1. The number of carbonyl (C=O) groups excluding carboxylic acids is 1. The molecule has 0 amide bonds. The van der Waals surface area contributed by atoms with E-state index in [2.05, 4.69) is 4.98 Å². The highest BCUT2D eigenvalue weighted by atomic mass is 35.5. The fourth-order valence-corrected chi connectivity index (χ4v) is 1.05. The van der Waals surface area contributed by atoms with Gasteiger partial charge in [0.2, 0.25) is 0 Å². The number of pyridine rings is 1. The molecule has 1 aromatic heterocycles. The van der Waals surface area contributed by atoms with Crippen molar-refractivity contribution in [3.8, 4) is 0 Å². The smallest absolute Gasteiger partial charge is 0.153 e. The van der Waals surface area contributed by atoms with Crippen molar-refractivity contribution in [1.29, 1.82) is 0 Å². The van der Waals surface area contributed by atoms with Gasteiger partial charge in [0.05, 0.1) is 17.5 Å². The number of halogens is 2. The predicted octanol–water partition coefficient (Wildman–Crippen LogP) is 2.68. The fraction of sp³-hybridized carbons (Fsp3) is 0.200. The van der Waals surface area contributed by atoms with E-state index in [1.807, 2.05) is 6.08 Å². The van der Waals surface area contributed by atoms with Gasteiger partial charge in [-0.3, -0.25) is 9.78 Å². The summed E-state index contributed by atoms with van der Waals surface area (Å²) in [6.45, 7) is 0. The summed E-state index contributed by atoms with van der Waals surface area (Å²) in [5.41, 5.74) is 0.573. The lowest BCUT2D eigenvalue weighted by molar-refractivity contribution is 0.111. The number of carbonyl (C=O) groups is 1. The van der Waals surface area contributed by atoms with Gasteiger partial charge in [-0.2, -0.15) is 0 Å². The van der Waals surface area contributed by atoms with Crippen molar-refractivity contribution < 1.29 is 9.18 Å². The van der Waals surface area contributed by atoms with Crippen molar-refractivity contribution in [3.63, 3.8) is 0 Å². The van der Waals surface area contributed by atoms with E-state index in [4.69, 9.17) is 11.6 Å². The van der Waals surface area contributed by atoms with Crippen LogP contribution in [0.15, 0.2) is 18.3 Å². The van der Waals surface area contributed by atoms with Gasteiger partial charge in [-0.05, 0) is 18.6 Å². The highest BCUT2D eigenvalue weighted by Crippen LogP contribution is 2.07. The van der Waals surface area contributed by atoms with Gasteiger partial charge in [0, 0.05) is 5.88 Å². The zero-order valence-electron chi connectivity index (χ0n) is 7.41. The first-order chi connectivity index (χ1) is 6.77. The number of alkyl halides is 1. The van der Waals surface area contributed by atoms with Crippen molar-refractivity contribution in [2.24, 2.45) is 0 Å². The Morgan fingerprint density at radius 2 is 2.36 bits per heavy atom. The average Bonchev–Trinajstić information content (AvgIpc) is 2.21. The lowest BCUT2D eigenvalue weighted by Gasteiger charge is -1.95. The molecule has 74 valence electrons. The number of allylic oxidation sites excluding steroid dienone is 1. The molecule has 1 rings (SSSR count). The Kier molecular flexibility index (Phi) is 4.26. The van der Waals surface area contributed by atoms with Crippen LogP contribution in [0.25, 0.3) is 6.08 Å². The molecule has 2 nitrogen and oxygen atoms in total. The van der Waals surface area contributed by atoms with Crippen LogP contribution in [-0.4, -0.2) is 17.2 Å².